The molecular formula is C32H48GeN2O. The van der Waals surface area contributed by atoms with Crippen LogP contribution in [0, 0.1) is 0 Å². The van der Waals surface area contributed by atoms with Gasteiger partial charge in [-0.15, -0.1) is 0 Å². The van der Waals surface area contributed by atoms with Crippen LogP contribution in [0.25, 0.3) is 0 Å². The van der Waals surface area contributed by atoms with Crippen molar-refractivity contribution in [2.24, 2.45) is 4.99 Å². The third kappa shape index (κ3) is 7.82. The van der Waals surface area contributed by atoms with Crippen molar-refractivity contribution in [3.8, 4) is 0 Å². The number of aliphatic imine (C=N–C) groups is 1. The third-order valence-corrected chi connectivity index (χ3v) is 9.15. The number of allylic oxidation sites excluding steroid dienone is 2. The van der Waals surface area contributed by atoms with Crippen LogP contribution < -0.4 is 3.86 Å². The minimum atomic E-state index is -0.866. The van der Waals surface area contributed by atoms with Crippen molar-refractivity contribution in [1.29, 1.82) is 0 Å². The normalized spacial score (nSPS) is 13.1. The molecule has 0 atom stereocenters. The third-order valence-electron chi connectivity index (χ3n) is 6.35. The molecule has 0 spiro atoms. The van der Waals surface area contributed by atoms with E-state index in [2.05, 4.69) is 129 Å². The molecule has 2 rings (SSSR count). The zero-order valence-corrected chi connectivity index (χ0v) is 26.8. The average molecular weight is 549 g/mol. The van der Waals surface area contributed by atoms with Gasteiger partial charge in [0, 0.05) is 0 Å². The summed E-state index contributed by atoms with van der Waals surface area (Å²) >= 11 is -0.866. The van der Waals surface area contributed by atoms with Gasteiger partial charge >= 0.3 is 229 Å². The molecule has 0 N–H and O–H groups in total. The molecule has 0 saturated heterocycles. The Bertz CT molecular complexity index is 1010. The molecule has 3 nitrogen and oxygen atoms in total. The van der Waals surface area contributed by atoms with Crippen molar-refractivity contribution in [1.82, 2.24) is 0 Å². The molecule has 0 saturated carbocycles. The van der Waals surface area contributed by atoms with E-state index in [1.54, 1.807) is 0 Å². The molecule has 0 aliphatic heterocycles. The molecule has 0 aliphatic rings. The van der Waals surface area contributed by atoms with Crippen LogP contribution in [0.2, 0.25) is 0 Å². The first kappa shape index (κ1) is 30.4. The van der Waals surface area contributed by atoms with Gasteiger partial charge in [0.25, 0.3) is 0 Å². The number of anilines is 1. The number of rotatable bonds is 11. The molecule has 0 bridgehead atoms. The number of benzene rings is 2. The second-order valence-electron chi connectivity index (χ2n) is 11.3. The van der Waals surface area contributed by atoms with Gasteiger partial charge in [0.2, 0.25) is 0 Å². The first-order valence-electron chi connectivity index (χ1n) is 13.6. The summed E-state index contributed by atoms with van der Waals surface area (Å²) in [7, 11) is 0. The van der Waals surface area contributed by atoms with Gasteiger partial charge < -0.3 is 0 Å². The van der Waals surface area contributed by atoms with Gasteiger partial charge in [0.1, 0.15) is 0 Å². The van der Waals surface area contributed by atoms with Crippen LogP contribution in [0.5, 0.6) is 0 Å². The summed E-state index contributed by atoms with van der Waals surface area (Å²) < 4.78 is 8.79. The molecule has 0 amide bonds. The van der Waals surface area contributed by atoms with Crippen LogP contribution in [-0.4, -0.2) is 27.8 Å². The molecule has 2 radical (unpaired) electrons. The molecule has 2 aromatic rings. The Morgan fingerprint density at radius 2 is 1.14 bits per heavy atom. The Labute approximate surface area is 228 Å². The molecule has 0 heterocycles. The van der Waals surface area contributed by atoms with E-state index in [-0.39, 0.29) is 6.10 Å². The van der Waals surface area contributed by atoms with E-state index in [1.165, 1.54) is 33.6 Å². The maximum atomic E-state index is 6.32. The first-order chi connectivity index (χ1) is 16.8. The Morgan fingerprint density at radius 1 is 0.722 bits per heavy atom. The van der Waals surface area contributed by atoms with Crippen molar-refractivity contribution in [3.05, 3.63) is 70.4 Å². The zero-order valence-electron chi connectivity index (χ0n) is 24.7. The molecule has 2 aromatic carbocycles. The molecule has 0 aromatic heterocycles. The first-order valence-corrected chi connectivity index (χ1v) is 15.3. The van der Waals surface area contributed by atoms with E-state index >= 15 is 0 Å². The summed E-state index contributed by atoms with van der Waals surface area (Å²) in [5.74, 6) is 1.71. The van der Waals surface area contributed by atoms with Crippen LogP contribution in [0.4, 0.5) is 11.4 Å². The van der Waals surface area contributed by atoms with E-state index in [0.717, 1.165) is 11.4 Å². The fourth-order valence-corrected chi connectivity index (χ4v) is 6.27. The topological polar surface area (TPSA) is 24.8 Å². The van der Waals surface area contributed by atoms with E-state index in [4.69, 9.17) is 8.76 Å². The summed E-state index contributed by atoms with van der Waals surface area (Å²) in [6.45, 7) is 26.7. The molecule has 4 heteroatoms. The van der Waals surface area contributed by atoms with Gasteiger partial charge in [0.05, 0.1) is 0 Å². The molecule has 0 fully saturated rings. The fraction of sp³-hybridized carbons (Fsp3) is 0.531. The van der Waals surface area contributed by atoms with E-state index < -0.39 is 16.0 Å². The summed E-state index contributed by atoms with van der Waals surface area (Å²) in [5.41, 5.74) is 10.1. The van der Waals surface area contributed by atoms with Gasteiger partial charge in [-0.3, -0.25) is 0 Å². The Morgan fingerprint density at radius 3 is 1.53 bits per heavy atom. The van der Waals surface area contributed by atoms with Crippen molar-refractivity contribution in [3.63, 3.8) is 0 Å². The number of para-hydroxylation sites is 2. The standard InChI is InChI=1S/C32H48GeN2O/c1-20(2)27-15-13-16-28(21(3)4)31(27)34-25(11)19-26(12)35(33-36-24(9)10)32-29(22(5)6)17-14-18-30(32)23(7)8/h13-24H,1-12H3/b26-19-,34-25?. The molecular weight excluding hydrogens is 501 g/mol. The maximum absolute atomic E-state index is 6.32. The van der Waals surface area contributed by atoms with Crippen molar-refractivity contribution < 1.29 is 3.76 Å². The summed E-state index contributed by atoms with van der Waals surface area (Å²) in [5, 5.41) is 0. The van der Waals surface area contributed by atoms with Gasteiger partial charge in [-0.25, -0.2) is 0 Å². The van der Waals surface area contributed by atoms with E-state index in [0.29, 0.717) is 23.7 Å². The fourth-order valence-electron chi connectivity index (χ4n) is 4.44. The zero-order chi connectivity index (χ0) is 27.2. The van der Waals surface area contributed by atoms with Crippen molar-refractivity contribution in [2.75, 3.05) is 3.86 Å². The van der Waals surface area contributed by atoms with Gasteiger partial charge in [-0.05, 0) is 0 Å². The Hall–Kier alpha value is -1.85. The number of hydrogen-bond acceptors (Lipinski definition) is 3. The van der Waals surface area contributed by atoms with Crippen LogP contribution in [0.3, 0.4) is 0 Å². The van der Waals surface area contributed by atoms with E-state index in [1.807, 2.05) is 0 Å². The Balaban J connectivity index is 2.68. The van der Waals surface area contributed by atoms with Crippen molar-refractivity contribution in [2.45, 2.75) is 113 Å². The number of hydrogen-bond donors (Lipinski definition) is 0. The van der Waals surface area contributed by atoms with Crippen LogP contribution in [0.1, 0.15) is 129 Å². The van der Waals surface area contributed by atoms with Gasteiger partial charge in [-0.1, -0.05) is 0 Å². The van der Waals surface area contributed by atoms with Crippen LogP contribution >= 0.6 is 0 Å². The van der Waals surface area contributed by atoms with Gasteiger partial charge in [0.15, 0.2) is 0 Å². The molecule has 196 valence electrons. The van der Waals surface area contributed by atoms with Gasteiger partial charge in [-0.2, -0.15) is 0 Å². The quantitative estimate of drug-likeness (QED) is 0.206. The summed E-state index contributed by atoms with van der Waals surface area (Å²) in [6.07, 6.45) is 2.45. The molecule has 36 heavy (non-hydrogen) atoms. The SMILES string of the molecule is CC(/C=C(/C)[N]([Ge][O]C(C)C)c1c(C(C)C)cccc1C(C)C)=Nc1c(C(C)C)cccc1C(C)C. The average Bonchev–Trinajstić information content (AvgIpc) is 2.78. The van der Waals surface area contributed by atoms with Crippen molar-refractivity contribution >= 4 is 33.1 Å². The van der Waals surface area contributed by atoms with Crippen LogP contribution in [-0.2, 0) is 3.76 Å². The van der Waals surface area contributed by atoms with Crippen LogP contribution in [0.15, 0.2) is 53.2 Å². The second kappa shape index (κ2) is 13.6. The molecule has 0 unspecified atom stereocenters. The minimum absolute atomic E-state index is 0.204. The second-order valence-corrected chi connectivity index (χ2v) is 13.1. The monoisotopic (exact) mass is 550 g/mol. The van der Waals surface area contributed by atoms with E-state index in [9.17, 15) is 0 Å². The summed E-state index contributed by atoms with van der Waals surface area (Å²) in [6, 6.07) is 13.4. The Kier molecular flexibility index (Phi) is 11.5. The number of nitrogens with zero attached hydrogens (tertiary/aromatic N) is 2. The molecule has 0 aliphatic carbocycles. The predicted molar refractivity (Wildman–Crippen MR) is 160 cm³/mol. The summed E-state index contributed by atoms with van der Waals surface area (Å²) in [4.78, 5) is 5.21. The predicted octanol–water partition coefficient (Wildman–Crippen LogP) is 9.64.